The summed E-state index contributed by atoms with van der Waals surface area (Å²) in [4.78, 5) is 1.98. The maximum atomic E-state index is 11.9. The van der Waals surface area contributed by atoms with Crippen LogP contribution in [0, 0.1) is 11.3 Å². The topological polar surface area (TPSA) is 64.4 Å². The van der Waals surface area contributed by atoms with Crippen LogP contribution in [0.15, 0.2) is 0 Å². The monoisotopic (exact) mass is 245 g/mol. The second-order valence-electron chi connectivity index (χ2n) is 4.00. The first kappa shape index (κ1) is 13.4. The van der Waals surface area contributed by atoms with Crippen LogP contribution < -0.4 is 0 Å². The molecule has 1 heterocycles. The molecule has 6 heteroatoms. The van der Waals surface area contributed by atoms with Crippen molar-refractivity contribution in [3.8, 4) is 6.07 Å². The Labute approximate surface area is 97.7 Å². The maximum absolute atomic E-state index is 11.9. The summed E-state index contributed by atoms with van der Waals surface area (Å²) < 4.78 is 25.3. The number of hydrogen-bond acceptors (Lipinski definition) is 4. The molecule has 16 heavy (non-hydrogen) atoms. The summed E-state index contributed by atoms with van der Waals surface area (Å²) in [6.07, 6.45) is 1.62. The summed E-state index contributed by atoms with van der Waals surface area (Å²) >= 11 is 0. The molecule has 1 aliphatic heterocycles. The number of nitrogens with zero attached hydrogens (tertiary/aromatic N) is 3. The second kappa shape index (κ2) is 6.18. The molecule has 0 aromatic rings. The van der Waals surface area contributed by atoms with Crippen LogP contribution in [-0.2, 0) is 10.0 Å². The molecule has 0 aromatic heterocycles. The molecule has 0 N–H and O–H groups in total. The predicted molar refractivity (Wildman–Crippen MR) is 62.3 cm³/mol. The van der Waals surface area contributed by atoms with Crippen molar-refractivity contribution < 1.29 is 8.42 Å². The number of unbranched alkanes of at least 4 members (excludes halogenated alkanes) is 1. The molecule has 0 aliphatic carbocycles. The van der Waals surface area contributed by atoms with Gasteiger partial charge < -0.3 is 0 Å². The third kappa shape index (κ3) is 3.74. The average molecular weight is 245 g/mol. The zero-order valence-electron chi connectivity index (χ0n) is 9.72. The zero-order chi connectivity index (χ0) is 12.0. The molecule has 0 atom stereocenters. The molecule has 1 saturated heterocycles. The first-order chi connectivity index (χ1) is 7.60. The Balaban J connectivity index is 2.44. The molecule has 5 nitrogen and oxygen atoms in total. The lowest BCUT2D eigenvalue weighted by Crippen LogP contribution is -2.49. The predicted octanol–water partition coefficient (Wildman–Crippen LogP) is 0.257. The van der Waals surface area contributed by atoms with Gasteiger partial charge in [0, 0.05) is 26.2 Å². The van der Waals surface area contributed by atoms with Gasteiger partial charge in [-0.2, -0.15) is 9.57 Å². The molecule has 0 amide bonds. The zero-order valence-corrected chi connectivity index (χ0v) is 10.5. The Morgan fingerprint density at radius 3 is 2.38 bits per heavy atom. The molecule has 92 valence electrons. The van der Waals surface area contributed by atoms with Gasteiger partial charge in [0.1, 0.15) is 0 Å². The summed E-state index contributed by atoms with van der Waals surface area (Å²) in [7, 11) is -3.06. The molecular formula is C10H19N3O2S. The van der Waals surface area contributed by atoms with Crippen molar-refractivity contribution in [2.24, 2.45) is 0 Å². The van der Waals surface area contributed by atoms with E-state index in [9.17, 15) is 8.42 Å². The van der Waals surface area contributed by atoms with Gasteiger partial charge >= 0.3 is 0 Å². The van der Waals surface area contributed by atoms with E-state index in [0.29, 0.717) is 32.7 Å². The average Bonchev–Trinajstić information content (AvgIpc) is 2.28. The first-order valence-corrected chi connectivity index (χ1v) is 7.28. The maximum Gasteiger partial charge on any atom is 0.214 e. The molecule has 1 aliphatic rings. The molecule has 0 spiro atoms. The number of hydrogen-bond donors (Lipinski definition) is 0. The number of sulfonamides is 1. The Bertz CT molecular complexity index is 340. The van der Waals surface area contributed by atoms with Crippen molar-refractivity contribution in [1.29, 1.82) is 5.26 Å². The van der Waals surface area contributed by atoms with E-state index in [-0.39, 0.29) is 5.75 Å². The Hall–Kier alpha value is -0.640. The molecule has 1 rings (SSSR count). The van der Waals surface area contributed by atoms with Crippen LogP contribution in [0.4, 0.5) is 0 Å². The lowest BCUT2D eigenvalue weighted by molar-refractivity contribution is 0.206. The summed E-state index contributed by atoms with van der Waals surface area (Å²) in [5.41, 5.74) is 0. The standard InChI is InChI=1S/C10H19N3O2S/c1-2-3-10-16(14,15)13-8-6-12(5-4-11)7-9-13/h2-3,5-10H2,1H3. The van der Waals surface area contributed by atoms with Crippen LogP contribution in [0.2, 0.25) is 0 Å². The summed E-state index contributed by atoms with van der Waals surface area (Å²) in [5, 5.41) is 8.54. The Kier molecular flexibility index (Phi) is 5.19. The van der Waals surface area contributed by atoms with Crippen LogP contribution in [0.25, 0.3) is 0 Å². The fraction of sp³-hybridized carbons (Fsp3) is 0.900. The quantitative estimate of drug-likeness (QED) is 0.652. The lowest BCUT2D eigenvalue weighted by Gasteiger charge is -2.32. The van der Waals surface area contributed by atoms with Crippen molar-refractivity contribution in [3.63, 3.8) is 0 Å². The highest BCUT2D eigenvalue weighted by molar-refractivity contribution is 7.89. The van der Waals surface area contributed by atoms with Gasteiger partial charge in [0.05, 0.1) is 18.4 Å². The van der Waals surface area contributed by atoms with Crippen molar-refractivity contribution in [1.82, 2.24) is 9.21 Å². The molecule has 0 radical (unpaired) electrons. The lowest BCUT2D eigenvalue weighted by atomic mass is 10.4. The molecule has 0 aromatic carbocycles. The van der Waals surface area contributed by atoms with Gasteiger partial charge in [0.15, 0.2) is 0 Å². The minimum absolute atomic E-state index is 0.252. The van der Waals surface area contributed by atoms with Crippen molar-refractivity contribution in [2.45, 2.75) is 19.8 Å². The summed E-state index contributed by atoms with van der Waals surface area (Å²) in [5.74, 6) is 0.252. The SMILES string of the molecule is CCCCS(=O)(=O)N1CCN(CC#N)CC1. The van der Waals surface area contributed by atoms with Gasteiger partial charge in [-0.3, -0.25) is 4.90 Å². The van der Waals surface area contributed by atoms with E-state index in [4.69, 9.17) is 5.26 Å². The summed E-state index contributed by atoms with van der Waals surface area (Å²) in [6.45, 7) is 4.75. The van der Waals surface area contributed by atoms with Crippen molar-refractivity contribution in [3.05, 3.63) is 0 Å². The van der Waals surface area contributed by atoms with E-state index in [2.05, 4.69) is 6.07 Å². The normalized spacial score (nSPS) is 19.5. The van der Waals surface area contributed by atoms with Crippen molar-refractivity contribution in [2.75, 3.05) is 38.5 Å². The fourth-order valence-corrected chi connectivity index (χ4v) is 3.35. The van der Waals surface area contributed by atoms with E-state index >= 15 is 0 Å². The van der Waals surface area contributed by atoms with Crippen LogP contribution in [0.1, 0.15) is 19.8 Å². The van der Waals surface area contributed by atoms with Gasteiger partial charge in [-0.05, 0) is 6.42 Å². The highest BCUT2D eigenvalue weighted by Crippen LogP contribution is 2.09. The Morgan fingerprint density at radius 1 is 1.25 bits per heavy atom. The molecule has 0 unspecified atom stereocenters. The fourth-order valence-electron chi connectivity index (χ4n) is 1.72. The third-order valence-corrected chi connectivity index (χ3v) is 4.73. The van der Waals surface area contributed by atoms with Crippen LogP contribution in [-0.4, -0.2) is 56.1 Å². The van der Waals surface area contributed by atoms with Gasteiger partial charge in [0.25, 0.3) is 0 Å². The minimum Gasteiger partial charge on any atom is -0.288 e. The van der Waals surface area contributed by atoms with Crippen LogP contribution >= 0.6 is 0 Å². The highest BCUT2D eigenvalue weighted by Gasteiger charge is 2.25. The second-order valence-corrected chi connectivity index (χ2v) is 6.09. The van der Waals surface area contributed by atoms with E-state index in [0.717, 1.165) is 12.8 Å². The largest absolute Gasteiger partial charge is 0.288 e. The molecule has 0 bridgehead atoms. The van der Waals surface area contributed by atoms with Gasteiger partial charge in [-0.1, -0.05) is 13.3 Å². The third-order valence-electron chi connectivity index (χ3n) is 2.77. The van der Waals surface area contributed by atoms with Gasteiger partial charge in [-0.25, -0.2) is 8.42 Å². The molecule has 1 fully saturated rings. The number of rotatable bonds is 5. The van der Waals surface area contributed by atoms with Gasteiger partial charge in [0.2, 0.25) is 10.0 Å². The van der Waals surface area contributed by atoms with Crippen LogP contribution in [0.5, 0.6) is 0 Å². The highest BCUT2D eigenvalue weighted by atomic mass is 32.2. The van der Waals surface area contributed by atoms with E-state index in [1.807, 2.05) is 11.8 Å². The number of piperazine rings is 1. The Morgan fingerprint density at radius 2 is 1.88 bits per heavy atom. The van der Waals surface area contributed by atoms with E-state index in [1.165, 1.54) is 0 Å². The van der Waals surface area contributed by atoms with E-state index in [1.54, 1.807) is 4.31 Å². The molecular weight excluding hydrogens is 226 g/mol. The smallest absolute Gasteiger partial charge is 0.214 e. The minimum atomic E-state index is -3.06. The van der Waals surface area contributed by atoms with Gasteiger partial charge in [-0.15, -0.1) is 0 Å². The number of nitriles is 1. The van der Waals surface area contributed by atoms with Crippen LogP contribution in [0.3, 0.4) is 0 Å². The summed E-state index contributed by atoms with van der Waals surface area (Å²) in [6, 6.07) is 2.08. The molecule has 0 saturated carbocycles. The first-order valence-electron chi connectivity index (χ1n) is 5.67. The van der Waals surface area contributed by atoms with E-state index < -0.39 is 10.0 Å². The van der Waals surface area contributed by atoms with Crippen molar-refractivity contribution >= 4 is 10.0 Å².